The van der Waals surface area contributed by atoms with E-state index in [1.807, 2.05) is 43.3 Å². The standard InChI is InChI=1S/C20H23N3O4/c1-2-12-26-20-15(6-5-10-21-20)13-22-18(24)9-11-23-16-7-3-4-8-17(16)27-14-19(23)25/h3-8,10H,2,9,11-14H2,1H3,(H,22,24). The van der Waals surface area contributed by atoms with Crippen LogP contribution in [0.5, 0.6) is 11.6 Å². The summed E-state index contributed by atoms with van der Waals surface area (Å²) in [7, 11) is 0. The van der Waals surface area contributed by atoms with Crippen LogP contribution in [-0.2, 0) is 16.1 Å². The zero-order chi connectivity index (χ0) is 19.1. The molecule has 142 valence electrons. The van der Waals surface area contributed by atoms with Gasteiger partial charge in [-0.3, -0.25) is 9.59 Å². The van der Waals surface area contributed by atoms with Crippen molar-refractivity contribution < 1.29 is 19.1 Å². The molecule has 0 aliphatic carbocycles. The lowest BCUT2D eigenvalue weighted by Crippen LogP contribution is -2.41. The molecular formula is C20H23N3O4. The van der Waals surface area contributed by atoms with E-state index in [0.29, 0.717) is 37.0 Å². The SMILES string of the molecule is CCCOc1ncccc1CNC(=O)CCN1C(=O)COc2ccccc21. The molecule has 0 fully saturated rings. The number of carbonyl (C=O) groups is 2. The van der Waals surface area contributed by atoms with Crippen molar-refractivity contribution in [3.8, 4) is 11.6 Å². The molecule has 0 spiro atoms. The maximum absolute atomic E-state index is 12.3. The van der Waals surface area contributed by atoms with Gasteiger partial charge in [-0.15, -0.1) is 0 Å². The Bertz CT molecular complexity index is 809. The zero-order valence-corrected chi connectivity index (χ0v) is 15.3. The Morgan fingerprint density at radius 2 is 2.15 bits per heavy atom. The first kappa shape index (κ1) is 18.7. The van der Waals surface area contributed by atoms with Gasteiger partial charge in [-0.1, -0.05) is 25.1 Å². The van der Waals surface area contributed by atoms with Gasteiger partial charge in [-0.25, -0.2) is 4.98 Å². The molecule has 1 aromatic carbocycles. The van der Waals surface area contributed by atoms with Crippen molar-refractivity contribution in [2.75, 3.05) is 24.7 Å². The van der Waals surface area contributed by atoms with Crippen molar-refractivity contribution in [1.29, 1.82) is 0 Å². The van der Waals surface area contributed by atoms with Crippen molar-refractivity contribution >= 4 is 17.5 Å². The summed E-state index contributed by atoms with van der Waals surface area (Å²) >= 11 is 0. The van der Waals surface area contributed by atoms with E-state index >= 15 is 0 Å². The third kappa shape index (κ3) is 4.75. The molecule has 27 heavy (non-hydrogen) atoms. The molecule has 1 N–H and O–H groups in total. The average Bonchev–Trinajstić information content (AvgIpc) is 2.70. The summed E-state index contributed by atoms with van der Waals surface area (Å²) in [6.07, 6.45) is 2.75. The molecule has 0 atom stereocenters. The molecule has 0 bridgehead atoms. The largest absolute Gasteiger partial charge is 0.482 e. The van der Waals surface area contributed by atoms with E-state index in [-0.39, 0.29) is 24.8 Å². The number of para-hydroxylation sites is 2. The minimum absolute atomic E-state index is 0.00750. The second kappa shape index (κ2) is 9.02. The third-order valence-electron chi connectivity index (χ3n) is 4.14. The lowest BCUT2D eigenvalue weighted by molar-refractivity contribution is -0.122. The number of rotatable bonds is 8. The van der Waals surface area contributed by atoms with Crippen LogP contribution in [-0.4, -0.2) is 36.6 Å². The molecule has 7 heteroatoms. The Balaban J connectivity index is 1.54. The Kier molecular flexibility index (Phi) is 6.25. The molecule has 2 amide bonds. The number of pyridine rings is 1. The highest BCUT2D eigenvalue weighted by Crippen LogP contribution is 2.31. The fourth-order valence-corrected chi connectivity index (χ4v) is 2.78. The Labute approximate surface area is 158 Å². The maximum Gasteiger partial charge on any atom is 0.265 e. The predicted molar refractivity (Wildman–Crippen MR) is 101 cm³/mol. The molecule has 0 saturated carbocycles. The second-order valence-electron chi connectivity index (χ2n) is 6.14. The highest BCUT2D eigenvalue weighted by Gasteiger charge is 2.25. The van der Waals surface area contributed by atoms with Crippen LogP contribution in [0.1, 0.15) is 25.3 Å². The molecule has 0 radical (unpaired) electrons. The Morgan fingerprint density at radius 1 is 1.30 bits per heavy atom. The van der Waals surface area contributed by atoms with Crippen LogP contribution in [0.3, 0.4) is 0 Å². The smallest absolute Gasteiger partial charge is 0.265 e. The van der Waals surface area contributed by atoms with Gasteiger partial charge < -0.3 is 19.7 Å². The quantitative estimate of drug-likeness (QED) is 0.772. The minimum atomic E-state index is -0.149. The van der Waals surface area contributed by atoms with Gasteiger partial charge in [0.2, 0.25) is 11.8 Å². The van der Waals surface area contributed by atoms with E-state index in [2.05, 4.69) is 10.3 Å². The molecule has 1 aromatic heterocycles. The summed E-state index contributed by atoms with van der Waals surface area (Å²) in [5.41, 5.74) is 1.52. The van der Waals surface area contributed by atoms with E-state index in [0.717, 1.165) is 12.0 Å². The number of ether oxygens (including phenoxy) is 2. The molecule has 2 heterocycles. The number of carbonyl (C=O) groups excluding carboxylic acids is 2. The van der Waals surface area contributed by atoms with Crippen molar-refractivity contribution in [2.45, 2.75) is 26.3 Å². The second-order valence-corrected chi connectivity index (χ2v) is 6.14. The molecule has 3 rings (SSSR count). The summed E-state index contributed by atoms with van der Waals surface area (Å²) < 4.78 is 11.0. The normalized spacial score (nSPS) is 12.9. The fraction of sp³-hybridized carbons (Fsp3) is 0.350. The summed E-state index contributed by atoms with van der Waals surface area (Å²) in [5, 5.41) is 2.87. The van der Waals surface area contributed by atoms with E-state index < -0.39 is 0 Å². The summed E-state index contributed by atoms with van der Waals surface area (Å²) in [5.74, 6) is 0.906. The van der Waals surface area contributed by atoms with Gasteiger partial charge in [0.25, 0.3) is 5.91 Å². The first-order valence-corrected chi connectivity index (χ1v) is 9.04. The number of hydrogen-bond acceptors (Lipinski definition) is 5. The van der Waals surface area contributed by atoms with Gasteiger partial charge in [-0.05, 0) is 24.6 Å². The number of hydrogen-bond donors (Lipinski definition) is 1. The van der Waals surface area contributed by atoms with Crippen molar-refractivity contribution in [1.82, 2.24) is 10.3 Å². The number of nitrogens with one attached hydrogen (secondary N) is 1. The monoisotopic (exact) mass is 369 g/mol. The van der Waals surface area contributed by atoms with Crippen molar-refractivity contribution in [2.24, 2.45) is 0 Å². The van der Waals surface area contributed by atoms with Gasteiger partial charge >= 0.3 is 0 Å². The highest BCUT2D eigenvalue weighted by atomic mass is 16.5. The number of fused-ring (bicyclic) bond motifs is 1. The Morgan fingerprint density at radius 3 is 3.00 bits per heavy atom. The number of anilines is 1. The topological polar surface area (TPSA) is 80.8 Å². The molecule has 1 aliphatic heterocycles. The lowest BCUT2D eigenvalue weighted by atomic mass is 10.2. The predicted octanol–water partition coefficient (Wildman–Crippen LogP) is 2.30. The number of amides is 2. The van der Waals surface area contributed by atoms with Crippen LogP contribution in [0.4, 0.5) is 5.69 Å². The molecule has 1 aliphatic rings. The summed E-state index contributed by atoms with van der Waals surface area (Å²) in [6.45, 7) is 3.23. The number of nitrogens with zero attached hydrogens (tertiary/aromatic N) is 2. The summed E-state index contributed by atoms with van der Waals surface area (Å²) in [6, 6.07) is 11.0. The lowest BCUT2D eigenvalue weighted by Gasteiger charge is -2.29. The molecule has 0 saturated heterocycles. The first-order chi connectivity index (χ1) is 13.2. The van der Waals surface area contributed by atoms with Crippen LogP contribution in [0, 0.1) is 0 Å². The first-order valence-electron chi connectivity index (χ1n) is 9.04. The minimum Gasteiger partial charge on any atom is -0.482 e. The van der Waals surface area contributed by atoms with Crippen LogP contribution in [0.25, 0.3) is 0 Å². The van der Waals surface area contributed by atoms with E-state index in [1.165, 1.54) is 0 Å². The van der Waals surface area contributed by atoms with Crippen molar-refractivity contribution in [3.05, 3.63) is 48.2 Å². The average molecular weight is 369 g/mol. The van der Waals surface area contributed by atoms with Crippen molar-refractivity contribution in [3.63, 3.8) is 0 Å². The van der Waals surface area contributed by atoms with Crippen LogP contribution in [0.15, 0.2) is 42.6 Å². The van der Waals surface area contributed by atoms with E-state index in [1.54, 1.807) is 11.1 Å². The third-order valence-corrected chi connectivity index (χ3v) is 4.14. The highest BCUT2D eigenvalue weighted by molar-refractivity contribution is 5.98. The van der Waals surface area contributed by atoms with E-state index in [9.17, 15) is 9.59 Å². The van der Waals surface area contributed by atoms with Gasteiger partial charge in [0.05, 0.1) is 12.3 Å². The van der Waals surface area contributed by atoms with E-state index in [4.69, 9.17) is 9.47 Å². The van der Waals surface area contributed by atoms with Gasteiger partial charge in [-0.2, -0.15) is 0 Å². The summed E-state index contributed by atoms with van der Waals surface area (Å²) in [4.78, 5) is 30.2. The Hall–Kier alpha value is -3.09. The fourth-order valence-electron chi connectivity index (χ4n) is 2.78. The van der Waals surface area contributed by atoms with Gasteiger partial charge in [0, 0.05) is 31.3 Å². The number of benzene rings is 1. The molecule has 7 nitrogen and oxygen atoms in total. The van der Waals surface area contributed by atoms with Gasteiger partial charge in [0.1, 0.15) is 5.75 Å². The maximum atomic E-state index is 12.3. The zero-order valence-electron chi connectivity index (χ0n) is 15.3. The molecular weight excluding hydrogens is 346 g/mol. The van der Waals surface area contributed by atoms with Crippen LogP contribution < -0.4 is 19.7 Å². The van der Waals surface area contributed by atoms with Crippen LogP contribution in [0.2, 0.25) is 0 Å². The number of aromatic nitrogens is 1. The molecule has 0 unspecified atom stereocenters. The molecule has 2 aromatic rings. The van der Waals surface area contributed by atoms with Crippen LogP contribution >= 0.6 is 0 Å². The van der Waals surface area contributed by atoms with Gasteiger partial charge in [0.15, 0.2) is 6.61 Å².